The molecule has 0 unspecified atom stereocenters. The maximum atomic E-state index is 12.1. The van der Waals surface area contributed by atoms with Crippen molar-refractivity contribution in [3.63, 3.8) is 0 Å². The van der Waals surface area contributed by atoms with Crippen LogP contribution in [-0.2, 0) is 0 Å². The summed E-state index contributed by atoms with van der Waals surface area (Å²) in [5.41, 5.74) is 0.849. The first-order chi connectivity index (χ1) is 10.2. The molecule has 2 N–H and O–H groups in total. The molecular weight excluding hydrogens is 268 g/mol. The summed E-state index contributed by atoms with van der Waals surface area (Å²) >= 11 is 0. The van der Waals surface area contributed by atoms with Gasteiger partial charge in [0.2, 0.25) is 5.76 Å². The van der Waals surface area contributed by atoms with Gasteiger partial charge in [0.05, 0.1) is 6.07 Å². The number of H-pyrrole nitrogens is 1. The van der Waals surface area contributed by atoms with Crippen molar-refractivity contribution >= 4 is 5.91 Å². The second-order valence-electron chi connectivity index (χ2n) is 5.46. The maximum absolute atomic E-state index is 12.1. The van der Waals surface area contributed by atoms with Crippen LogP contribution in [0.3, 0.4) is 0 Å². The Bertz CT molecular complexity index is 659. The number of carbonyl (C=O) groups excluding carboxylic acids is 1. The van der Waals surface area contributed by atoms with Gasteiger partial charge in [-0.15, -0.1) is 0 Å². The van der Waals surface area contributed by atoms with Gasteiger partial charge in [0, 0.05) is 12.0 Å². The fraction of sp³-hybridized carbons (Fsp3) is 0.375. The Kier molecular flexibility index (Phi) is 3.90. The van der Waals surface area contributed by atoms with Gasteiger partial charge in [0.25, 0.3) is 11.5 Å². The van der Waals surface area contributed by atoms with Gasteiger partial charge in [-0.1, -0.05) is 43.2 Å². The van der Waals surface area contributed by atoms with E-state index >= 15 is 0 Å². The molecule has 1 aliphatic rings. The molecule has 1 aromatic heterocycles. The molecule has 110 valence electrons. The van der Waals surface area contributed by atoms with Crippen LogP contribution >= 0.6 is 0 Å². The molecule has 1 aliphatic carbocycles. The first-order valence-electron chi connectivity index (χ1n) is 7.28. The average Bonchev–Trinajstić information content (AvgIpc) is 2.95. The van der Waals surface area contributed by atoms with Crippen molar-refractivity contribution < 1.29 is 9.32 Å². The van der Waals surface area contributed by atoms with E-state index in [2.05, 4.69) is 22.6 Å². The van der Waals surface area contributed by atoms with E-state index in [1.54, 1.807) is 0 Å². The lowest BCUT2D eigenvalue weighted by atomic mass is 9.80. The van der Waals surface area contributed by atoms with Gasteiger partial charge >= 0.3 is 0 Å². The highest BCUT2D eigenvalue weighted by molar-refractivity contribution is 5.91. The second kappa shape index (κ2) is 5.99. The zero-order valence-electron chi connectivity index (χ0n) is 11.7. The van der Waals surface area contributed by atoms with E-state index in [0.29, 0.717) is 5.92 Å². The monoisotopic (exact) mass is 286 g/mol. The van der Waals surface area contributed by atoms with Crippen LogP contribution in [0.2, 0.25) is 0 Å². The Balaban J connectivity index is 1.76. The van der Waals surface area contributed by atoms with Gasteiger partial charge in [-0.05, 0) is 18.4 Å². The molecule has 1 aromatic carbocycles. The molecule has 0 spiro atoms. The molecule has 3 rings (SSSR count). The molecule has 0 aliphatic heterocycles. The summed E-state index contributed by atoms with van der Waals surface area (Å²) in [7, 11) is 0. The third-order valence-electron chi connectivity index (χ3n) is 4.06. The normalized spacial score (nSPS) is 21.9. The fourth-order valence-corrected chi connectivity index (χ4v) is 3.04. The second-order valence-corrected chi connectivity index (χ2v) is 5.46. The predicted molar refractivity (Wildman–Crippen MR) is 78.2 cm³/mol. The fourth-order valence-electron chi connectivity index (χ4n) is 3.04. The zero-order valence-corrected chi connectivity index (χ0v) is 11.7. The molecule has 5 heteroatoms. The van der Waals surface area contributed by atoms with Gasteiger partial charge in [0.15, 0.2) is 0 Å². The number of amides is 1. The third-order valence-corrected chi connectivity index (χ3v) is 4.06. The molecule has 1 fully saturated rings. The van der Waals surface area contributed by atoms with Crippen molar-refractivity contribution in [2.24, 2.45) is 0 Å². The van der Waals surface area contributed by atoms with Gasteiger partial charge in [-0.2, -0.15) is 5.16 Å². The van der Waals surface area contributed by atoms with Gasteiger partial charge in [-0.25, -0.2) is 0 Å². The van der Waals surface area contributed by atoms with Crippen molar-refractivity contribution in [3.8, 4) is 0 Å². The lowest BCUT2D eigenvalue weighted by molar-refractivity contribution is 0.0883. The first kappa shape index (κ1) is 13.7. The number of nitrogens with one attached hydrogen (secondary N) is 2. The standard InChI is InChI=1S/C16H18N2O3/c19-15-10-14(21-18-15)16(20)17-13-9-5-4-8-12(13)11-6-2-1-3-7-11/h1-3,6-7,10,12-13H,4-5,8-9H2,(H,17,20)(H,18,19)/t12-,13+/m0/s1. The molecule has 21 heavy (non-hydrogen) atoms. The van der Waals surface area contributed by atoms with Crippen molar-refractivity contribution in [2.45, 2.75) is 37.6 Å². The first-order valence-corrected chi connectivity index (χ1v) is 7.28. The highest BCUT2D eigenvalue weighted by atomic mass is 16.5. The highest BCUT2D eigenvalue weighted by Gasteiger charge is 2.28. The molecule has 1 amide bonds. The van der Waals surface area contributed by atoms with E-state index in [-0.39, 0.29) is 17.7 Å². The number of hydrogen-bond donors (Lipinski definition) is 2. The summed E-state index contributed by atoms with van der Waals surface area (Å²) in [6, 6.07) is 11.5. The van der Waals surface area contributed by atoms with E-state index in [0.717, 1.165) is 19.3 Å². The van der Waals surface area contributed by atoms with Gasteiger partial charge in [-0.3, -0.25) is 9.59 Å². The van der Waals surface area contributed by atoms with Crippen LogP contribution in [0, 0.1) is 0 Å². The Morgan fingerprint density at radius 2 is 1.95 bits per heavy atom. The Morgan fingerprint density at radius 3 is 2.67 bits per heavy atom. The van der Waals surface area contributed by atoms with Crippen LogP contribution in [0.1, 0.15) is 47.7 Å². The van der Waals surface area contributed by atoms with Crippen molar-refractivity contribution in [1.82, 2.24) is 10.5 Å². The summed E-state index contributed by atoms with van der Waals surface area (Å²) in [6.45, 7) is 0. The van der Waals surface area contributed by atoms with Crippen LogP contribution in [-0.4, -0.2) is 17.1 Å². The van der Waals surface area contributed by atoms with E-state index in [1.165, 1.54) is 18.1 Å². The summed E-state index contributed by atoms with van der Waals surface area (Å²) < 4.78 is 4.86. The third kappa shape index (κ3) is 3.07. The van der Waals surface area contributed by atoms with Crippen LogP contribution < -0.4 is 10.9 Å². The number of aromatic nitrogens is 1. The maximum Gasteiger partial charge on any atom is 0.290 e. The van der Waals surface area contributed by atoms with Crippen LogP contribution in [0.5, 0.6) is 0 Å². The number of benzene rings is 1. The zero-order chi connectivity index (χ0) is 14.7. The lowest BCUT2D eigenvalue weighted by Gasteiger charge is -2.32. The van der Waals surface area contributed by atoms with Gasteiger partial charge in [0.1, 0.15) is 0 Å². The smallest absolute Gasteiger partial charge is 0.290 e. The molecule has 0 radical (unpaired) electrons. The Morgan fingerprint density at radius 1 is 1.19 bits per heavy atom. The number of hydrogen-bond acceptors (Lipinski definition) is 3. The van der Waals surface area contributed by atoms with Crippen molar-refractivity contribution in [2.75, 3.05) is 0 Å². The topological polar surface area (TPSA) is 75.1 Å². The van der Waals surface area contributed by atoms with E-state index < -0.39 is 5.56 Å². The predicted octanol–water partition coefficient (Wildman–Crippen LogP) is 2.42. The average molecular weight is 286 g/mol. The minimum Gasteiger partial charge on any atom is -0.373 e. The van der Waals surface area contributed by atoms with Crippen LogP contribution in [0.15, 0.2) is 45.7 Å². The molecule has 2 aromatic rings. The lowest BCUT2D eigenvalue weighted by Crippen LogP contribution is -2.41. The molecule has 0 bridgehead atoms. The Labute approximate surface area is 122 Å². The molecule has 2 atom stereocenters. The number of rotatable bonds is 3. The number of carbonyl (C=O) groups is 1. The van der Waals surface area contributed by atoms with E-state index in [1.807, 2.05) is 18.2 Å². The molecule has 1 saturated carbocycles. The highest BCUT2D eigenvalue weighted by Crippen LogP contribution is 2.33. The van der Waals surface area contributed by atoms with E-state index in [4.69, 9.17) is 4.52 Å². The molecule has 0 saturated heterocycles. The van der Waals surface area contributed by atoms with Crippen LogP contribution in [0.25, 0.3) is 0 Å². The number of aromatic amines is 1. The molecule has 5 nitrogen and oxygen atoms in total. The summed E-state index contributed by atoms with van der Waals surface area (Å²) in [5.74, 6) is 0.0214. The van der Waals surface area contributed by atoms with E-state index in [9.17, 15) is 9.59 Å². The molecule has 1 heterocycles. The summed E-state index contributed by atoms with van der Waals surface area (Å²) in [5, 5.41) is 5.14. The minimum atomic E-state index is -0.400. The molecular formula is C16H18N2O3. The summed E-state index contributed by atoms with van der Waals surface area (Å²) in [4.78, 5) is 23.2. The minimum absolute atomic E-state index is 0.0392. The van der Waals surface area contributed by atoms with Crippen LogP contribution in [0.4, 0.5) is 0 Å². The van der Waals surface area contributed by atoms with Gasteiger partial charge < -0.3 is 9.84 Å². The van der Waals surface area contributed by atoms with Crippen molar-refractivity contribution in [3.05, 3.63) is 58.1 Å². The largest absolute Gasteiger partial charge is 0.373 e. The van der Waals surface area contributed by atoms with Crippen molar-refractivity contribution in [1.29, 1.82) is 0 Å². The Hall–Kier alpha value is -2.30. The summed E-state index contributed by atoms with van der Waals surface area (Å²) in [6.07, 6.45) is 4.28. The quantitative estimate of drug-likeness (QED) is 0.910. The SMILES string of the molecule is O=C(N[C@@H]1CCCC[C@H]1c1ccccc1)c1cc(=O)[nH]o1.